The van der Waals surface area contributed by atoms with Crippen LogP contribution in [0.1, 0.15) is 16.1 Å². The highest BCUT2D eigenvalue weighted by Crippen LogP contribution is 2.03. The Morgan fingerprint density at radius 3 is 3.08 bits per heavy atom. The number of aliphatic hydroxyl groups is 1. The lowest BCUT2D eigenvalue weighted by atomic mass is 10.2. The monoisotopic (exact) mass is 167 g/mol. The van der Waals surface area contributed by atoms with Gasteiger partial charge in [-0.05, 0) is 6.07 Å². The molecule has 0 saturated carbocycles. The first kappa shape index (κ1) is 8.63. The van der Waals surface area contributed by atoms with Gasteiger partial charge in [0.1, 0.15) is 5.69 Å². The highest BCUT2D eigenvalue weighted by Gasteiger charge is 2.09. The number of aromatic nitrogens is 1. The van der Waals surface area contributed by atoms with Crippen molar-refractivity contribution < 1.29 is 9.90 Å². The van der Waals surface area contributed by atoms with Gasteiger partial charge in [0.25, 0.3) is 5.91 Å². The summed E-state index contributed by atoms with van der Waals surface area (Å²) in [6.45, 7) is -0.226. The molecule has 0 spiro atoms. The summed E-state index contributed by atoms with van der Waals surface area (Å²) < 4.78 is 0. The van der Waals surface area contributed by atoms with Crippen molar-refractivity contribution in [1.82, 2.24) is 10.4 Å². The van der Waals surface area contributed by atoms with Gasteiger partial charge in [-0.15, -0.1) is 0 Å². The number of carbonyl (C=O) groups is 1. The van der Waals surface area contributed by atoms with Gasteiger partial charge in [0.2, 0.25) is 0 Å². The largest absolute Gasteiger partial charge is 0.392 e. The van der Waals surface area contributed by atoms with Gasteiger partial charge in [-0.25, -0.2) is 5.84 Å². The molecule has 1 rings (SSSR count). The Morgan fingerprint density at radius 2 is 2.50 bits per heavy atom. The van der Waals surface area contributed by atoms with E-state index in [0.717, 1.165) is 0 Å². The Kier molecular flexibility index (Phi) is 2.73. The lowest BCUT2D eigenvalue weighted by molar-refractivity contribution is 0.0945. The van der Waals surface area contributed by atoms with Crippen LogP contribution in [0.25, 0.3) is 0 Å². The Hall–Kier alpha value is -1.46. The van der Waals surface area contributed by atoms with Gasteiger partial charge in [-0.3, -0.25) is 15.2 Å². The standard InChI is InChI=1S/C7H9N3O2/c8-10-7(12)6-5(4-11)2-1-3-9-6/h1-3,11H,4,8H2,(H,10,12). The van der Waals surface area contributed by atoms with Gasteiger partial charge in [-0.1, -0.05) is 6.07 Å². The molecule has 0 saturated heterocycles. The molecule has 0 fully saturated rings. The number of pyridine rings is 1. The number of hydrogen-bond acceptors (Lipinski definition) is 4. The van der Waals surface area contributed by atoms with Crippen molar-refractivity contribution in [2.45, 2.75) is 6.61 Å². The van der Waals surface area contributed by atoms with Crippen LogP contribution in [0.3, 0.4) is 0 Å². The van der Waals surface area contributed by atoms with E-state index < -0.39 is 5.91 Å². The zero-order chi connectivity index (χ0) is 8.97. The van der Waals surface area contributed by atoms with E-state index in [1.807, 2.05) is 5.43 Å². The van der Waals surface area contributed by atoms with Crippen LogP contribution in [-0.2, 0) is 6.61 Å². The molecular formula is C7H9N3O2. The molecule has 0 aliphatic rings. The second-order valence-corrected chi connectivity index (χ2v) is 2.14. The fraction of sp³-hybridized carbons (Fsp3) is 0.143. The number of nitrogens with two attached hydrogens (primary N) is 1. The number of amides is 1. The third-order valence-corrected chi connectivity index (χ3v) is 1.41. The Bertz CT molecular complexity index is 288. The van der Waals surface area contributed by atoms with E-state index in [2.05, 4.69) is 4.98 Å². The molecule has 0 atom stereocenters. The molecular weight excluding hydrogens is 158 g/mol. The van der Waals surface area contributed by atoms with Crippen LogP contribution in [0.5, 0.6) is 0 Å². The molecule has 1 heterocycles. The molecule has 0 unspecified atom stereocenters. The highest BCUT2D eigenvalue weighted by atomic mass is 16.3. The fourth-order valence-electron chi connectivity index (χ4n) is 0.839. The zero-order valence-electron chi connectivity index (χ0n) is 6.32. The van der Waals surface area contributed by atoms with E-state index in [0.29, 0.717) is 5.56 Å². The van der Waals surface area contributed by atoms with Crippen molar-refractivity contribution in [3.8, 4) is 0 Å². The van der Waals surface area contributed by atoms with Crippen LogP contribution in [0.15, 0.2) is 18.3 Å². The molecule has 64 valence electrons. The molecule has 1 amide bonds. The Labute approximate surface area is 69.2 Å². The molecule has 0 aliphatic carbocycles. The van der Waals surface area contributed by atoms with Gasteiger partial charge in [-0.2, -0.15) is 0 Å². The van der Waals surface area contributed by atoms with Crippen LogP contribution < -0.4 is 11.3 Å². The number of rotatable bonds is 2. The van der Waals surface area contributed by atoms with Gasteiger partial charge in [0, 0.05) is 11.8 Å². The quantitative estimate of drug-likeness (QED) is 0.305. The predicted molar refractivity (Wildman–Crippen MR) is 41.8 cm³/mol. The summed E-state index contributed by atoms with van der Waals surface area (Å²) in [7, 11) is 0. The maximum atomic E-state index is 11.0. The third-order valence-electron chi connectivity index (χ3n) is 1.41. The molecule has 4 N–H and O–H groups in total. The Morgan fingerprint density at radius 1 is 1.75 bits per heavy atom. The first-order chi connectivity index (χ1) is 5.79. The minimum Gasteiger partial charge on any atom is -0.392 e. The maximum absolute atomic E-state index is 11.0. The molecule has 1 aromatic heterocycles. The third kappa shape index (κ3) is 1.58. The first-order valence-corrected chi connectivity index (χ1v) is 3.35. The molecule has 0 aromatic carbocycles. The summed E-state index contributed by atoms with van der Waals surface area (Å²) in [6.07, 6.45) is 1.46. The van der Waals surface area contributed by atoms with Crippen LogP contribution in [0.4, 0.5) is 0 Å². The van der Waals surface area contributed by atoms with Crippen LogP contribution >= 0.6 is 0 Å². The number of hydrogen-bond donors (Lipinski definition) is 3. The number of carbonyl (C=O) groups excluding carboxylic acids is 1. The van der Waals surface area contributed by atoms with E-state index >= 15 is 0 Å². The minimum atomic E-state index is -0.500. The summed E-state index contributed by atoms with van der Waals surface area (Å²) in [5.74, 6) is 4.41. The number of hydrazine groups is 1. The summed E-state index contributed by atoms with van der Waals surface area (Å²) in [5.41, 5.74) is 2.56. The van der Waals surface area contributed by atoms with Gasteiger partial charge < -0.3 is 5.11 Å². The average Bonchev–Trinajstić information content (AvgIpc) is 2.16. The highest BCUT2D eigenvalue weighted by molar-refractivity contribution is 5.93. The molecule has 1 aromatic rings. The van der Waals surface area contributed by atoms with E-state index in [1.165, 1.54) is 6.20 Å². The fourth-order valence-corrected chi connectivity index (χ4v) is 0.839. The van der Waals surface area contributed by atoms with Crippen molar-refractivity contribution in [2.24, 2.45) is 5.84 Å². The minimum absolute atomic E-state index is 0.155. The van der Waals surface area contributed by atoms with Crippen LogP contribution in [-0.4, -0.2) is 16.0 Å². The molecule has 12 heavy (non-hydrogen) atoms. The lowest BCUT2D eigenvalue weighted by Crippen LogP contribution is -2.31. The maximum Gasteiger partial charge on any atom is 0.284 e. The normalized spacial score (nSPS) is 9.50. The Balaban J connectivity index is 3.04. The van der Waals surface area contributed by atoms with Gasteiger partial charge >= 0.3 is 0 Å². The average molecular weight is 167 g/mol. The van der Waals surface area contributed by atoms with Crippen LogP contribution in [0, 0.1) is 0 Å². The zero-order valence-corrected chi connectivity index (χ0v) is 6.32. The second-order valence-electron chi connectivity index (χ2n) is 2.14. The molecule has 5 heteroatoms. The van der Waals surface area contributed by atoms with Crippen molar-refractivity contribution >= 4 is 5.91 Å². The molecule has 0 radical (unpaired) electrons. The summed E-state index contributed by atoms with van der Waals surface area (Å²) in [4.78, 5) is 14.8. The first-order valence-electron chi connectivity index (χ1n) is 3.35. The van der Waals surface area contributed by atoms with Crippen molar-refractivity contribution in [1.29, 1.82) is 0 Å². The van der Waals surface area contributed by atoms with E-state index in [1.54, 1.807) is 12.1 Å². The topological polar surface area (TPSA) is 88.2 Å². The summed E-state index contributed by atoms with van der Waals surface area (Å²) >= 11 is 0. The van der Waals surface area contributed by atoms with E-state index in [4.69, 9.17) is 10.9 Å². The smallest absolute Gasteiger partial charge is 0.284 e. The predicted octanol–water partition coefficient (Wildman–Crippen LogP) is -0.823. The summed E-state index contributed by atoms with van der Waals surface area (Å²) in [6, 6.07) is 3.25. The molecule has 0 bridgehead atoms. The SMILES string of the molecule is NNC(=O)c1ncccc1CO. The summed E-state index contributed by atoms with van der Waals surface area (Å²) in [5, 5.41) is 8.80. The van der Waals surface area contributed by atoms with Gasteiger partial charge in [0.15, 0.2) is 0 Å². The molecule has 0 aliphatic heterocycles. The number of nitrogens with one attached hydrogen (secondary N) is 1. The molecule has 5 nitrogen and oxygen atoms in total. The second kappa shape index (κ2) is 3.80. The lowest BCUT2D eigenvalue weighted by Gasteiger charge is -2.02. The number of nitrogens with zero attached hydrogens (tertiary/aromatic N) is 1. The van der Waals surface area contributed by atoms with E-state index in [-0.39, 0.29) is 12.3 Å². The van der Waals surface area contributed by atoms with Crippen LogP contribution in [0.2, 0.25) is 0 Å². The van der Waals surface area contributed by atoms with Gasteiger partial charge in [0.05, 0.1) is 6.61 Å². The van der Waals surface area contributed by atoms with Crippen molar-refractivity contribution in [3.05, 3.63) is 29.6 Å². The number of aliphatic hydroxyl groups excluding tert-OH is 1. The van der Waals surface area contributed by atoms with Crippen molar-refractivity contribution in [2.75, 3.05) is 0 Å². The van der Waals surface area contributed by atoms with Crippen molar-refractivity contribution in [3.63, 3.8) is 0 Å². The number of nitrogen functional groups attached to an aromatic ring is 1. The van der Waals surface area contributed by atoms with E-state index in [9.17, 15) is 4.79 Å².